The van der Waals surface area contributed by atoms with E-state index in [4.69, 9.17) is 19.0 Å². The Hall–Kier alpha value is -1.41. The lowest BCUT2D eigenvalue weighted by atomic mass is 9.79. The van der Waals surface area contributed by atoms with Gasteiger partial charge in [-0.15, -0.1) is 0 Å². The number of rotatable bonds is 5. The summed E-state index contributed by atoms with van der Waals surface area (Å²) in [6.07, 6.45) is 1.10. The van der Waals surface area contributed by atoms with Gasteiger partial charge in [-0.05, 0) is 58.6 Å². The van der Waals surface area contributed by atoms with E-state index in [1.54, 1.807) is 0 Å². The summed E-state index contributed by atoms with van der Waals surface area (Å²) >= 11 is 0. The van der Waals surface area contributed by atoms with Gasteiger partial charge in [-0.2, -0.15) is 0 Å². The number of morpholine rings is 1. The summed E-state index contributed by atoms with van der Waals surface area (Å²) in [5, 5.41) is 0. The van der Waals surface area contributed by atoms with E-state index in [1.165, 1.54) is 0 Å². The van der Waals surface area contributed by atoms with Crippen LogP contribution in [0.15, 0.2) is 18.2 Å². The fourth-order valence-corrected chi connectivity index (χ4v) is 3.95. The first-order valence-electron chi connectivity index (χ1n) is 10.4. The van der Waals surface area contributed by atoms with Gasteiger partial charge in [0.15, 0.2) is 0 Å². The molecule has 2 saturated heterocycles. The van der Waals surface area contributed by atoms with Gasteiger partial charge < -0.3 is 18.6 Å². The summed E-state index contributed by atoms with van der Waals surface area (Å²) < 4.78 is 20.2. The first-order chi connectivity index (χ1) is 13.3. The van der Waals surface area contributed by atoms with Gasteiger partial charge in [0.2, 0.25) is 0 Å². The average Bonchev–Trinajstić information content (AvgIpc) is 3.07. The Labute approximate surface area is 168 Å². The van der Waals surface area contributed by atoms with Gasteiger partial charge in [-0.3, -0.25) is 4.90 Å². The SMILES string of the molecule is Cc1nc2ccc(B3OC(C)(C)C(C)(C)O3)cc2n1CCCN1CCOCC1. The van der Waals surface area contributed by atoms with Crippen LogP contribution in [0.2, 0.25) is 0 Å². The van der Waals surface area contributed by atoms with Crippen molar-refractivity contribution in [2.24, 2.45) is 0 Å². The highest BCUT2D eigenvalue weighted by molar-refractivity contribution is 6.62. The van der Waals surface area contributed by atoms with Crippen LogP contribution in [-0.4, -0.2) is 65.6 Å². The Morgan fingerprint density at radius 1 is 1.04 bits per heavy atom. The van der Waals surface area contributed by atoms with Gasteiger partial charge in [0, 0.05) is 26.2 Å². The van der Waals surface area contributed by atoms with Crippen LogP contribution in [0.5, 0.6) is 0 Å². The third-order valence-corrected chi connectivity index (χ3v) is 6.45. The second kappa shape index (κ2) is 7.45. The average molecular weight is 385 g/mol. The minimum absolute atomic E-state index is 0.332. The summed E-state index contributed by atoms with van der Waals surface area (Å²) in [4.78, 5) is 7.23. The maximum Gasteiger partial charge on any atom is 0.494 e. The highest BCUT2D eigenvalue weighted by Crippen LogP contribution is 2.36. The Balaban J connectivity index is 1.51. The molecule has 1 aromatic carbocycles. The van der Waals surface area contributed by atoms with Crippen LogP contribution in [-0.2, 0) is 20.6 Å². The lowest BCUT2D eigenvalue weighted by molar-refractivity contribution is 0.00578. The first kappa shape index (κ1) is 19.9. The summed E-state index contributed by atoms with van der Waals surface area (Å²) in [5.74, 6) is 1.06. The van der Waals surface area contributed by atoms with Gasteiger partial charge in [-0.25, -0.2) is 4.98 Å². The van der Waals surface area contributed by atoms with E-state index >= 15 is 0 Å². The zero-order valence-electron chi connectivity index (χ0n) is 17.8. The van der Waals surface area contributed by atoms with E-state index in [-0.39, 0.29) is 18.3 Å². The molecule has 7 heteroatoms. The van der Waals surface area contributed by atoms with E-state index in [1.807, 2.05) is 0 Å². The van der Waals surface area contributed by atoms with Crippen molar-refractivity contribution in [3.8, 4) is 0 Å². The van der Waals surface area contributed by atoms with Crippen molar-refractivity contribution in [3.05, 3.63) is 24.0 Å². The van der Waals surface area contributed by atoms with Gasteiger partial charge in [0.05, 0.1) is 35.4 Å². The molecule has 0 saturated carbocycles. The smallest absolute Gasteiger partial charge is 0.399 e. The zero-order chi connectivity index (χ0) is 19.9. The molecule has 0 aliphatic carbocycles. The standard InChI is InChI=1S/C21H32BN3O3/c1-16-23-18-8-7-17(22-27-20(2,3)21(4,5)28-22)15-19(18)25(16)10-6-9-24-11-13-26-14-12-24/h7-8,15H,6,9-14H2,1-5H3. The van der Waals surface area contributed by atoms with Crippen molar-refractivity contribution in [2.75, 3.05) is 32.8 Å². The molecule has 4 rings (SSSR count). The van der Waals surface area contributed by atoms with Crippen molar-refractivity contribution in [3.63, 3.8) is 0 Å². The molecule has 0 N–H and O–H groups in total. The molecule has 0 radical (unpaired) electrons. The minimum Gasteiger partial charge on any atom is -0.399 e. The molecule has 2 aliphatic heterocycles. The molecule has 3 heterocycles. The molecule has 152 valence electrons. The Kier molecular flexibility index (Phi) is 5.29. The maximum atomic E-state index is 6.24. The monoisotopic (exact) mass is 385 g/mol. The Bertz CT molecular complexity index is 827. The molecule has 2 aliphatic rings. The molecule has 0 unspecified atom stereocenters. The predicted molar refractivity (Wildman–Crippen MR) is 112 cm³/mol. The molecule has 0 atom stereocenters. The quantitative estimate of drug-likeness (QED) is 0.740. The third kappa shape index (κ3) is 3.73. The van der Waals surface area contributed by atoms with Crippen molar-refractivity contribution in [1.82, 2.24) is 14.5 Å². The van der Waals surface area contributed by atoms with Gasteiger partial charge in [0.1, 0.15) is 5.82 Å². The van der Waals surface area contributed by atoms with Crippen LogP contribution in [0, 0.1) is 6.92 Å². The predicted octanol–water partition coefficient (Wildman–Crippen LogP) is 2.37. The number of aromatic nitrogens is 2. The second-order valence-electron chi connectivity index (χ2n) is 8.95. The fraction of sp³-hybridized carbons (Fsp3) is 0.667. The molecule has 6 nitrogen and oxygen atoms in total. The molecule has 28 heavy (non-hydrogen) atoms. The molecule has 1 aromatic heterocycles. The number of hydrogen-bond donors (Lipinski definition) is 0. The van der Waals surface area contributed by atoms with Crippen molar-refractivity contribution >= 4 is 23.6 Å². The number of aryl methyl sites for hydroxylation is 2. The van der Waals surface area contributed by atoms with Crippen molar-refractivity contribution < 1.29 is 14.0 Å². The van der Waals surface area contributed by atoms with Crippen molar-refractivity contribution in [2.45, 2.75) is 58.8 Å². The lowest BCUT2D eigenvalue weighted by Gasteiger charge is -2.32. The Morgan fingerprint density at radius 3 is 2.39 bits per heavy atom. The fourth-order valence-electron chi connectivity index (χ4n) is 3.95. The summed E-state index contributed by atoms with van der Waals surface area (Å²) in [6, 6.07) is 6.35. The molecular formula is C21H32BN3O3. The molecule has 0 spiro atoms. The Morgan fingerprint density at radius 2 is 1.71 bits per heavy atom. The van der Waals surface area contributed by atoms with Gasteiger partial charge >= 0.3 is 7.12 Å². The van der Waals surface area contributed by atoms with Crippen LogP contribution in [0.25, 0.3) is 11.0 Å². The second-order valence-corrected chi connectivity index (χ2v) is 8.95. The number of ether oxygens (including phenoxy) is 1. The largest absolute Gasteiger partial charge is 0.494 e. The van der Waals surface area contributed by atoms with Crippen LogP contribution >= 0.6 is 0 Å². The van der Waals surface area contributed by atoms with E-state index < -0.39 is 0 Å². The number of nitrogens with zero attached hydrogens (tertiary/aromatic N) is 3. The molecule has 2 aromatic rings. The van der Waals surface area contributed by atoms with Crippen LogP contribution in [0.4, 0.5) is 0 Å². The molecule has 0 bridgehead atoms. The first-order valence-corrected chi connectivity index (χ1v) is 10.4. The maximum absolute atomic E-state index is 6.24. The molecule has 0 amide bonds. The summed E-state index contributed by atoms with van der Waals surface area (Å²) in [7, 11) is -0.341. The highest BCUT2D eigenvalue weighted by Gasteiger charge is 2.51. The van der Waals surface area contributed by atoms with E-state index in [0.29, 0.717) is 0 Å². The highest BCUT2D eigenvalue weighted by atomic mass is 16.7. The van der Waals surface area contributed by atoms with Crippen LogP contribution < -0.4 is 5.46 Å². The van der Waals surface area contributed by atoms with Gasteiger partial charge in [-0.1, -0.05) is 6.07 Å². The number of fused-ring (bicyclic) bond motifs is 1. The molecular weight excluding hydrogens is 353 g/mol. The van der Waals surface area contributed by atoms with Crippen LogP contribution in [0.1, 0.15) is 39.9 Å². The van der Waals surface area contributed by atoms with Crippen LogP contribution in [0.3, 0.4) is 0 Å². The lowest BCUT2D eigenvalue weighted by Crippen LogP contribution is -2.41. The zero-order valence-corrected chi connectivity index (χ0v) is 17.8. The normalized spacial score (nSPS) is 22.2. The topological polar surface area (TPSA) is 48.8 Å². The summed E-state index contributed by atoms with van der Waals surface area (Å²) in [6.45, 7) is 16.3. The van der Waals surface area contributed by atoms with E-state index in [0.717, 1.165) is 68.1 Å². The number of imidazole rings is 1. The number of benzene rings is 1. The minimum atomic E-state index is -0.341. The van der Waals surface area contributed by atoms with E-state index in [9.17, 15) is 0 Å². The third-order valence-electron chi connectivity index (χ3n) is 6.45. The summed E-state index contributed by atoms with van der Waals surface area (Å²) in [5.41, 5.74) is 2.58. The van der Waals surface area contributed by atoms with Crippen molar-refractivity contribution in [1.29, 1.82) is 0 Å². The molecule has 2 fully saturated rings. The van der Waals surface area contributed by atoms with E-state index in [2.05, 4.69) is 62.3 Å². The van der Waals surface area contributed by atoms with Gasteiger partial charge in [0.25, 0.3) is 0 Å². The number of hydrogen-bond acceptors (Lipinski definition) is 5.